The molecule has 0 saturated carbocycles. The largest absolute Gasteiger partial charge is 0.468 e. The molecule has 0 aliphatic carbocycles. The zero-order chi connectivity index (χ0) is 11.9. The number of methoxy groups -OCH3 is 1. The highest BCUT2D eigenvalue weighted by atomic mass is 16.5. The number of nitrogens with one attached hydrogen (secondary N) is 1. The van der Waals surface area contributed by atoms with Crippen LogP contribution in [-0.2, 0) is 9.53 Å². The third-order valence-corrected chi connectivity index (χ3v) is 2.64. The van der Waals surface area contributed by atoms with Gasteiger partial charge in [0, 0.05) is 6.54 Å². The highest BCUT2D eigenvalue weighted by Gasteiger charge is 2.34. The number of carbonyl (C=O) groups excluding carboxylic acids is 1. The van der Waals surface area contributed by atoms with E-state index in [2.05, 4.69) is 24.1 Å². The first-order chi connectivity index (χ1) is 7.03. The van der Waals surface area contributed by atoms with E-state index in [9.17, 15) is 4.79 Å². The summed E-state index contributed by atoms with van der Waals surface area (Å²) in [5, 5.41) is 3.19. The lowest BCUT2D eigenvalue weighted by Gasteiger charge is -2.32. The van der Waals surface area contributed by atoms with Gasteiger partial charge in [-0.3, -0.25) is 4.79 Å². The van der Waals surface area contributed by atoms with Gasteiger partial charge in [-0.15, -0.1) is 0 Å². The highest BCUT2D eigenvalue weighted by Crippen LogP contribution is 2.09. The molecule has 0 rings (SSSR count). The van der Waals surface area contributed by atoms with Gasteiger partial charge in [-0.1, -0.05) is 20.8 Å². The second kappa shape index (κ2) is 6.80. The van der Waals surface area contributed by atoms with Gasteiger partial charge in [0.25, 0.3) is 0 Å². The topological polar surface area (TPSA) is 41.6 Å². The number of esters is 1. The molecule has 0 radical (unpaired) electrons. The lowest BCUT2D eigenvalue weighted by Crippen LogP contribution is -2.57. The lowest BCUT2D eigenvalue weighted by molar-refractivity contribution is -0.148. The molecule has 0 aromatic rings. The van der Waals surface area contributed by atoms with Crippen molar-refractivity contribution in [3.05, 3.63) is 0 Å². The Morgan fingerprint density at radius 2 is 1.87 bits per heavy atom. The summed E-state index contributed by atoms with van der Waals surface area (Å²) in [4.78, 5) is 13.9. The second-order valence-electron chi connectivity index (χ2n) is 3.82. The summed E-state index contributed by atoms with van der Waals surface area (Å²) in [6.45, 7) is 11.4. The van der Waals surface area contributed by atoms with Crippen LogP contribution in [0.15, 0.2) is 0 Å². The van der Waals surface area contributed by atoms with Gasteiger partial charge in [-0.05, 0) is 26.6 Å². The Bertz CT molecular complexity index is 193. The van der Waals surface area contributed by atoms with E-state index in [0.717, 1.165) is 19.6 Å². The van der Waals surface area contributed by atoms with Gasteiger partial charge in [0.15, 0.2) is 0 Å². The Morgan fingerprint density at radius 1 is 1.33 bits per heavy atom. The fourth-order valence-corrected chi connectivity index (χ4v) is 1.70. The van der Waals surface area contributed by atoms with Crippen molar-refractivity contribution < 1.29 is 9.53 Å². The number of hydrogen-bond donors (Lipinski definition) is 1. The molecular weight excluding hydrogens is 192 g/mol. The van der Waals surface area contributed by atoms with Crippen molar-refractivity contribution in [3.8, 4) is 0 Å². The minimum Gasteiger partial charge on any atom is -0.468 e. The fourth-order valence-electron chi connectivity index (χ4n) is 1.70. The smallest absolute Gasteiger partial charge is 0.327 e. The van der Waals surface area contributed by atoms with Crippen LogP contribution in [0.1, 0.15) is 27.7 Å². The first kappa shape index (κ1) is 14.4. The van der Waals surface area contributed by atoms with Crippen LogP contribution in [0.3, 0.4) is 0 Å². The van der Waals surface area contributed by atoms with E-state index in [-0.39, 0.29) is 5.97 Å². The normalized spacial score (nSPS) is 15.1. The van der Waals surface area contributed by atoms with Crippen LogP contribution in [0.2, 0.25) is 0 Å². The van der Waals surface area contributed by atoms with Gasteiger partial charge in [-0.25, -0.2) is 0 Å². The Balaban J connectivity index is 4.55. The van der Waals surface area contributed by atoms with Gasteiger partial charge in [-0.2, -0.15) is 0 Å². The molecular formula is C11H24N2O2. The van der Waals surface area contributed by atoms with Gasteiger partial charge in [0.1, 0.15) is 5.54 Å². The highest BCUT2D eigenvalue weighted by molar-refractivity contribution is 5.80. The summed E-state index contributed by atoms with van der Waals surface area (Å²) in [5.74, 6) is -0.198. The van der Waals surface area contributed by atoms with Crippen LogP contribution in [0.4, 0.5) is 0 Å². The summed E-state index contributed by atoms with van der Waals surface area (Å²) in [6.07, 6.45) is 0. The predicted octanol–water partition coefficient (Wildman–Crippen LogP) is 0.869. The molecule has 0 aliphatic heterocycles. The molecule has 0 aliphatic rings. The van der Waals surface area contributed by atoms with Crippen LogP contribution in [0.5, 0.6) is 0 Å². The molecule has 4 nitrogen and oxygen atoms in total. The molecule has 15 heavy (non-hydrogen) atoms. The van der Waals surface area contributed by atoms with E-state index in [4.69, 9.17) is 4.74 Å². The van der Waals surface area contributed by atoms with Gasteiger partial charge in [0.2, 0.25) is 0 Å². The molecule has 1 unspecified atom stereocenters. The van der Waals surface area contributed by atoms with Crippen LogP contribution in [0.25, 0.3) is 0 Å². The molecule has 4 heteroatoms. The van der Waals surface area contributed by atoms with Crippen LogP contribution < -0.4 is 5.32 Å². The molecule has 0 aromatic heterocycles. The fraction of sp³-hybridized carbons (Fsp3) is 0.909. The van der Waals surface area contributed by atoms with Crippen molar-refractivity contribution in [2.75, 3.05) is 33.3 Å². The molecule has 0 bridgehead atoms. The molecule has 0 saturated heterocycles. The summed E-state index contributed by atoms with van der Waals surface area (Å²) in [7, 11) is 1.43. The number of likely N-dealkylation sites (N-methyl/N-ethyl adjacent to an activating group) is 2. The molecule has 0 fully saturated rings. The van der Waals surface area contributed by atoms with Crippen LogP contribution in [-0.4, -0.2) is 49.7 Å². The minimum atomic E-state index is -0.602. The first-order valence-electron chi connectivity index (χ1n) is 5.59. The maximum absolute atomic E-state index is 11.7. The average molecular weight is 216 g/mol. The summed E-state index contributed by atoms with van der Waals surface area (Å²) >= 11 is 0. The van der Waals surface area contributed by atoms with Crippen LogP contribution in [0, 0.1) is 0 Å². The summed E-state index contributed by atoms with van der Waals surface area (Å²) < 4.78 is 4.83. The predicted molar refractivity (Wildman–Crippen MR) is 61.9 cm³/mol. The molecule has 0 heterocycles. The van der Waals surface area contributed by atoms with E-state index >= 15 is 0 Å². The van der Waals surface area contributed by atoms with E-state index in [0.29, 0.717) is 6.54 Å². The average Bonchev–Trinajstić information content (AvgIpc) is 2.25. The summed E-state index contributed by atoms with van der Waals surface area (Å²) in [5.41, 5.74) is -0.602. The lowest BCUT2D eigenvalue weighted by atomic mass is 10.0. The quantitative estimate of drug-likeness (QED) is 0.641. The van der Waals surface area contributed by atoms with Crippen molar-refractivity contribution >= 4 is 5.97 Å². The maximum atomic E-state index is 11.7. The standard InChI is InChI=1S/C11H24N2O2/c1-6-12-11(4,10(14)15-5)9-13(7-2)8-3/h12H,6-9H2,1-5H3. The van der Waals surface area contributed by atoms with Crippen molar-refractivity contribution in [1.29, 1.82) is 0 Å². The van der Waals surface area contributed by atoms with E-state index in [1.165, 1.54) is 7.11 Å². The van der Waals surface area contributed by atoms with Gasteiger partial charge >= 0.3 is 5.97 Å². The van der Waals surface area contributed by atoms with Gasteiger partial charge < -0.3 is 15.0 Å². The summed E-state index contributed by atoms with van der Waals surface area (Å²) in [6, 6.07) is 0. The number of hydrogen-bond acceptors (Lipinski definition) is 4. The number of rotatable bonds is 7. The monoisotopic (exact) mass is 216 g/mol. The Morgan fingerprint density at radius 3 is 2.20 bits per heavy atom. The number of carbonyl (C=O) groups is 1. The molecule has 0 aromatic carbocycles. The van der Waals surface area contributed by atoms with Crippen molar-refractivity contribution in [3.63, 3.8) is 0 Å². The first-order valence-corrected chi connectivity index (χ1v) is 5.59. The third kappa shape index (κ3) is 4.18. The van der Waals surface area contributed by atoms with Crippen molar-refractivity contribution in [2.45, 2.75) is 33.2 Å². The van der Waals surface area contributed by atoms with E-state index in [1.54, 1.807) is 0 Å². The second-order valence-corrected chi connectivity index (χ2v) is 3.82. The third-order valence-electron chi connectivity index (χ3n) is 2.64. The van der Waals surface area contributed by atoms with Gasteiger partial charge in [0.05, 0.1) is 7.11 Å². The zero-order valence-corrected chi connectivity index (χ0v) is 10.6. The molecule has 90 valence electrons. The number of ether oxygens (including phenoxy) is 1. The Hall–Kier alpha value is -0.610. The van der Waals surface area contributed by atoms with Crippen molar-refractivity contribution in [1.82, 2.24) is 10.2 Å². The zero-order valence-electron chi connectivity index (χ0n) is 10.6. The molecule has 1 atom stereocenters. The van der Waals surface area contributed by atoms with Crippen molar-refractivity contribution in [2.24, 2.45) is 0 Å². The van der Waals surface area contributed by atoms with E-state index in [1.807, 2.05) is 13.8 Å². The van der Waals surface area contributed by atoms with E-state index < -0.39 is 5.54 Å². The SMILES string of the molecule is CCNC(C)(CN(CC)CC)C(=O)OC. The molecule has 0 amide bonds. The maximum Gasteiger partial charge on any atom is 0.327 e. The minimum absolute atomic E-state index is 0.198. The Labute approximate surface area is 93.0 Å². The molecule has 0 spiro atoms. The van der Waals surface area contributed by atoms with Crippen LogP contribution >= 0.6 is 0 Å². The molecule has 1 N–H and O–H groups in total. The number of nitrogens with zero attached hydrogens (tertiary/aromatic N) is 1. The Kier molecular flexibility index (Phi) is 6.52.